The van der Waals surface area contributed by atoms with Gasteiger partial charge < -0.3 is 19.9 Å². The van der Waals surface area contributed by atoms with Crippen LogP contribution in [0.2, 0.25) is 0 Å². The lowest BCUT2D eigenvalue weighted by molar-refractivity contribution is 0.00182. The molecule has 192 valence electrons. The summed E-state index contributed by atoms with van der Waals surface area (Å²) in [5.74, 6) is 1.21. The molecule has 0 spiro atoms. The zero-order valence-corrected chi connectivity index (χ0v) is 21.4. The molecule has 1 aromatic carbocycles. The second-order valence-corrected chi connectivity index (χ2v) is 10.6. The Labute approximate surface area is 214 Å². The number of hydrogen-bond donors (Lipinski definition) is 2. The number of carbonyl (C=O) groups is 2. The molecule has 3 heterocycles. The summed E-state index contributed by atoms with van der Waals surface area (Å²) >= 11 is 0. The Morgan fingerprint density at radius 1 is 1.19 bits per heavy atom. The molecule has 37 heavy (non-hydrogen) atoms. The van der Waals surface area contributed by atoms with E-state index in [2.05, 4.69) is 31.6 Å². The number of aromatic nitrogens is 4. The number of nitrogens with one attached hydrogen (secondary N) is 2. The third kappa shape index (κ3) is 5.33. The fourth-order valence-corrected chi connectivity index (χ4v) is 4.39. The number of rotatable bonds is 4. The standard InChI is InChI=1S/C26H30N8O3/c1-15-14-33(9-10-34(15)25(36)37-26(2,3)4)24(35)23-28-19-8-5-16(13-27)11-18(19)22(30-23)29-21-12-20(31-32-21)17-6-7-17/h5,8,11-12,15,17H,6-7,9-10,14H2,1-4H3,(H2,28,29,30,31,32)/t15-/m1/s1. The van der Waals surface area contributed by atoms with Crippen molar-refractivity contribution in [2.45, 2.75) is 58.1 Å². The first-order chi connectivity index (χ1) is 17.6. The molecule has 1 saturated heterocycles. The quantitative estimate of drug-likeness (QED) is 0.547. The van der Waals surface area contributed by atoms with Crippen molar-refractivity contribution in [2.75, 3.05) is 25.0 Å². The van der Waals surface area contributed by atoms with Gasteiger partial charge in [0.2, 0.25) is 5.82 Å². The van der Waals surface area contributed by atoms with Crippen LogP contribution in [-0.4, -0.2) is 73.2 Å². The number of anilines is 2. The third-order valence-electron chi connectivity index (χ3n) is 6.42. The number of benzene rings is 1. The van der Waals surface area contributed by atoms with E-state index in [1.165, 1.54) is 0 Å². The summed E-state index contributed by atoms with van der Waals surface area (Å²) in [6.07, 6.45) is 1.89. The van der Waals surface area contributed by atoms with Crippen LogP contribution in [0.5, 0.6) is 0 Å². The van der Waals surface area contributed by atoms with E-state index < -0.39 is 11.7 Å². The predicted octanol–water partition coefficient (Wildman–Crippen LogP) is 3.93. The Morgan fingerprint density at radius 2 is 1.97 bits per heavy atom. The van der Waals surface area contributed by atoms with E-state index in [1.54, 1.807) is 28.0 Å². The van der Waals surface area contributed by atoms with Gasteiger partial charge in [-0.3, -0.25) is 9.89 Å². The lowest BCUT2D eigenvalue weighted by Crippen LogP contribution is -2.56. The van der Waals surface area contributed by atoms with Crippen LogP contribution in [0.3, 0.4) is 0 Å². The highest BCUT2D eigenvalue weighted by Crippen LogP contribution is 2.39. The molecular weight excluding hydrogens is 472 g/mol. The Balaban J connectivity index is 1.40. The fraction of sp³-hybridized carbons (Fsp3) is 0.462. The number of H-pyrrole nitrogens is 1. The molecule has 0 bridgehead atoms. The summed E-state index contributed by atoms with van der Waals surface area (Å²) in [4.78, 5) is 38.4. The summed E-state index contributed by atoms with van der Waals surface area (Å²) in [6, 6.07) is 8.92. The second-order valence-electron chi connectivity index (χ2n) is 10.6. The number of nitrogens with zero attached hydrogens (tertiary/aromatic N) is 6. The van der Waals surface area contributed by atoms with E-state index in [4.69, 9.17) is 4.74 Å². The van der Waals surface area contributed by atoms with Crippen LogP contribution >= 0.6 is 0 Å². The summed E-state index contributed by atoms with van der Waals surface area (Å²) < 4.78 is 5.51. The maximum absolute atomic E-state index is 13.5. The Kier molecular flexibility index (Phi) is 6.19. The van der Waals surface area contributed by atoms with E-state index in [1.807, 2.05) is 33.8 Å². The van der Waals surface area contributed by atoms with Crippen molar-refractivity contribution in [3.63, 3.8) is 0 Å². The van der Waals surface area contributed by atoms with Crippen LogP contribution in [0.4, 0.5) is 16.4 Å². The number of fused-ring (bicyclic) bond motifs is 1. The van der Waals surface area contributed by atoms with E-state index >= 15 is 0 Å². The van der Waals surface area contributed by atoms with Crippen LogP contribution in [0, 0.1) is 11.3 Å². The molecule has 2 amide bonds. The normalized spacial score (nSPS) is 18.0. The minimum atomic E-state index is -0.592. The van der Waals surface area contributed by atoms with Crippen molar-refractivity contribution in [3.05, 3.63) is 41.3 Å². The van der Waals surface area contributed by atoms with Crippen LogP contribution in [-0.2, 0) is 4.74 Å². The highest BCUT2D eigenvalue weighted by atomic mass is 16.6. The molecule has 2 N–H and O–H groups in total. The largest absolute Gasteiger partial charge is 0.444 e. The van der Waals surface area contributed by atoms with Gasteiger partial charge in [-0.25, -0.2) is 14.8 Å². The molecule has 1 saturated carbocycles. The molecule has 1 atom stereocenters. The topological polar surface area (TPSA) is 140 Å². The Hall–Kier alpha value is -4.20. The molecule has 2 aliphatic rings. The SMILES string of the molecule is C[C@@H]1CN(C(=O)c2nc(Nc3cc(C4CC4)[nH]n3)c3cc(C#N)ccc3n2)CCN1C(=O)OC(C)(C)C. The van der Waals surface area contributed by atoms with Gasteiger partial charge in [0.25, 0.3) is 5.91 Å². The Morgan fingerprint density at radius 3 is 2.65 bits per heavy atom. The molecule has 2 fully saturated rings. The van der Waals surface area contributed by atoms with Crippen molar-refractivity contribution >= 4 is 34.5 Å². The average Bonchev–Trinajstić information content (AvgIpc) is 3.60. The highest BCUT2D eigenvalue weighted by Gasteiger charge is 2.34. The zero-order valence-electron chi connectivity index (χ0n) is 21.4. The third-order valence-corrected chi connectivity index (χ3v) is 6.42. The first-order valence-corrected chi connectivity index (χ1v) is 12.4. The summed E-state index contributed by atoms with van der Waals surface area (Å²) in [6.45, 7) is 8.39. The number of amides is 2. The van der Waals surface area contributed by atoms with E-state index in [9.17, 15) is 14.9 Å². The number of ether oxygens (including phenoxy) is 1. The molecule has 1 aliphatic heterocycles. The molecule has 2 aromatic heterocycles. The second kappa shape index (κ2) is 9.35. The van der Waals surface area contributed by atoms with Crippen LogP contribution in [0.25, 0.3) is 10.9 Å². The van der Waals surface area contributed by atoms with Crippen molar-refractivity contribution in [3.8, 4) is 6.07 Å². The minimum Gasteiger partial charge on any atom is -0.444 e. The van der Waals surface area contributed by atoms with Gasteiger partial charge in [-0.15, -0.1) is 0 Å². The van der Waals surface area contributed by atoms with Crippen LogP contribution < -0.4 is 5.32 Å². The first-order valence-electron chi connectivity index (χ1n) is 12.4. The maximum Gasteiger partial charge on any atom is 0.410 e. The number of nitriles is 1. The fourth-order valence-electron chi connectivity index (χ4n) is 4.39. The monoisotopic (exact) mass is 502 g/mol. The molecule has 5 rings (SSSR count). The number of aromatic amines is 1. The van der Waals surface area contributed by atoms with Crippen molar-refractivity contribution < 1.29 is 14.3 Å². The molecule has 11 heteroatoms. The number of piperazine rings is 1. The lowest BCUT2D eigenvalue weighted by Gasteiger charge is -2.39. The predicted molar refractivity (Wildman–Crippen MR) is 136 cm³/mol. The van der Waals surface area contributed by atoms with Gasteiger partial charge in [0, 0.05) is 48.7 Å². The first kappa shape index (κ1) is 24.5. The zero-order chi connectivity index (χ0) is 26.3. The average molecular weight is 503 g/mol. The lowest BCUT2D eigenvalue weighted by atomic mass is 10.1. The van der Waals surface area contributed by atoms with Crippen LogP contribution in [0.15, 0.2) is 24.3 Å². The maximum atomic E-state index is 13.5. The molecule has 0 radical (unpaired) electrons. The van der Waals surface area contributed by atoms with Gasteiger partial charge in [0.15, 0.2) is 5.82 Å². The van der Waals surface area contributed by atoms with E-state index in [0.717, 1.165) is 18.5 Å². The smallest absolute Gasteiger partial charge is 0.410 e. The van der Waals surface area contributed by atoms with Gasteiger partial charge in [-0.05, 0) is 58.7 Å². The summed E-state index contributed by atoms with van der Waals surface area (Å²) in [5, 5.41) is 20.6. The van der Waals surface area contributed by atoms with E-state index in [-0.39, 0.29) is 17.8 Å². The van der Waals surface area contributed by atoms with Crippen molar-refractivity contribution in [1.82, 2.24) is 30.0 Å². The molecule has 1 aliphatic carbocycles. The van der Waals surface area contributed by atoms with Gasteiger partial charge in [-0.1, -0.05) is 0 Å². The highest BCUT2D eigenvalue weighted by molar-refractivity contribution is 5.97. The molecular formula is C26H30N8O3. The van der Waals surface area contributed by atoms with Crippen molar-refractivity contribution in [1.29, 1.82) is 5.26 Å². The van der Waals surface area contributed by atoms with Gasteiger partial charge in [-0.2, -0.15) is 10.4 Å². The van der Waals surface area contributed by atoms with Gasteiger partial charge >= 0.3 is 6.09 Å². The van der Waals surface area contributed by atoms with Gasteiger partial charge in [0.05, 0.1) is 17.1 Å². The van der Waals surface area contributed by atoms with Crippen molar-refractivity contribution in [2.24, 2.45) is 0 Å². The number of carbonyl (C=O) groups excluding carboxylic acids is 2. The van der Waals surface area contributed by atoms with E-state index in [0.29, 0.717) is 53.7 Å². The number of hydrogen-bond acceptors (Lipinski definition) is 8. The Bertz CT molecular complexity index is 1400. The molecule has 11 nitrogen and oxygen atoms in total. The van der Waals surface area contributed by atoms with Crippen LogP contribution in [0.1, 0.15) is 68.3 Å². The summed E-state index contributed by atoms with van der Waals surface area (Å²) in [7, 11) is 0. The summed E-state index contributed by atoms with van der Waals surface area (Å²) in [5.41, 5.74) is 1.47. The molecule has 3 aromatic rings. The van der Waals surface area contributed by atoms with Gasteiger partial charge in [0.1, 0.15) is 11.4 Å². The molecule has 0 unspecified atom stereocenters. The minimum absolute atomic E-state index is 0.0376.